The third-order valence-electron chi connectivity index (χ3n) is 2.92. The highest BCUT2D eigenvalue weighted by atomic mass is 16.2. The Morgan fingerprint density at radius 1 is 1.47 bits per heavy atom. The van der Waals surface area contributed by atoms with Crippen molar-refractivity contribution in [3.63, 3.8) is 0 Å². The molecule has 17 heavy (non-hydrogen) atoms. The van der Waals surface area contributed by atoms with Crippen molar-refractivity contribution in [2.24, 2.45) is 11.7 Å². The van der Waals surface area contributed by atoms with Gasteiger partial charge in [-0.05, 0) is 19.4 Å². The van der Waals surface area contributed by atoms with Crippen molar-refractivity contribution in [1.82, 2.24) is 4.90 Å². The van der Waals surface area contributed by atoms with Gasteiger partial charge < -0.3 is 10.6 Å². The van der Waals surface area contributed by atoms with Gasteiger partial charge in [-0.25, -0.2) is 0 Å². The summed E-state index contributed by atoms with van der Waals surface area (Å²) >= 11 is 0. The van der Waals surface area contributed by atoms with Crippen molar-refractivity contribution in [3.05, 3.63) is 35.4 Å². The summed E-state index contributed by atoms with van der Waals surface area (Å²) in [4.78, 5) is 13.9. The Morgan fingerprint density at radius 2 is 2.18 bits per heavy atom. The van der Waals surface area contributed by atoms with Crippen molar-refractivity contribution < 1.29 is 4.79 Å². The summed E-state index contributed by atoms with van der Waals surface area (Å²) in [5, 5.41) is 0. The molecule has 0 aromatic heterocycles. The second-order valence-electron chi connectivity index (χ2n) is 4.48. The molecule has 0 radical (unpaired) electrons. The minimum Gasteiger partial charge on any atom is -0.338 e. The van der Waals surface area contributed by atoms with E-state index in [0.717, 1.165) is 6.54 Å². The van der Waals surface area contributed by atoms with E-state index in [2.05, 4.69) is 25.1 Å². The van der Waals surface area contributed by atoms with Gasteiger partial charge in [0.1, 0.15) is 0 Å². The lowest BCUT2D eigenvalue weighted by atomic mass is 10.1. The van der Waals surface area contributed by atoms with Crippen LogP contribution >= 0.6 is 0 Å². The zero-order valence-electron chi connectivity index (χ0n) is 10.9. The molecule has 2 N–H and O–H groups in total. The predicted molar refractivity (Wildman–Crippen MR) is 70.5 cm³/mol. The Bertz CT molecular complexity index is 376. The standard InChI is InChI=1S/C14H22N2O/c1-4-16(14(17)12(3)9-15)10-13-7-5-6-11(2)8-13/h5-8,12H,4,9-10,15H2,1-3H3. The molecular formula is C14H22N2O. The highest BCUT2D eigenvalue weighted by molar-refractivity contribution is 5.78. The molecule has 3 nitrogen and oxygen atoms in total. The topological polar surface area (TPSA) is 46.3 Å². The second kappa shape index (κ2) is 6.40. The average Bonchev–Trinajstić information content (AvgIpc) is 2.34. The van der Waals surface area contributed by atoms with Crippen LogP contribution in [-0.4, -0.2) is 23.9 Å². The summed E-state index contributed by atoms with van der Waals surface area (Å²) in [5.74, 6) is 0.0382. The van der Waals surface area contributed by atoms with Crippen molar-refractivity contribution in [2.75, 3.05) is 13.1 Å². The third kappa shape index (κ3) is 3.86. The van der Waals surface area contributed by atoms with Gasteiger partial charge in [0.25, 0.3) is 0 Å². The normalized spacial score (nSPS) is 12.2. The molecule has 0 saturated heterocycles. The van der Waals surface area contributed by atoms with Crippen LogP contribution in [0.2, 0.25) is 0 Å². The van der Waals surface area contributed by atoms with E-state index in [1.807, 2.05) is 24.8 Å². The maximum absolute atomic E-state index is 12.0. The summed E-state index contributed by atoms with van der Waals surface area (Å²) in [6, 6.07) is 8.25. The van der Waals surface area contributed by atoms with Crippen LogP contribution in [0, 0.1) is 12.8 Å². The Balaban J connectivity index is 2.73. The molecule has 0 spiro atoms. The van der Waals surface area contributed by atoms with Crippen LogP contribution in [0.3, 0.4) is 0 Å². The van der Waals surface area contributed by atoms with E-state index in [1.165, 1.54) is 11.1 Å². The Labute approximate surface area is 104 Å². The van der Waals surface area contributed by atoms with Crippen LogP contribution in [0.1, 0.15) is 25.0 Å². The third-order valence-corrected chi connectivity index (χ3v) is 2.92. The van der Waals surface area contributed by atoms with Gasteiger partial charge in [-0.3, -0.25) is 4.79 Å². The Morgan fingerprint density at radius 3 is 2.71 bits per heavy atom. The summed E-state index contributed by atoms with van der Waals surface area (Å²) in [6.45, 7) is 7.73. The molecule has 0 fully saturated rings. The molecule has 1 amide bonds. The molecule has 3 heteroatoms. The largest absolute Gasteiger partial charge is 0.338 e. The van der Waals surface area contributed by atoms with Crippen LogP contribution in [0.15, 0.2) is 24.3 Å². The van der Waals surface area contributed by atoms with Crippen LogP contribution in [0.4, 0.5) is 0 Å². The number of rotatable bonds is 5. The van der Waals surface area contributed by atoms with Crippen LogP contribution < -0.4 is 5.73 Å². The molecule has 0 saturated carbocycles. The summed E-state index contributed by atoms with van der Waals surface area (Å²) in [6.07, 6.45) is 0. The van der Waals surface area contributed by atoms with Crippen molar-refractivity contribution in [1.29, 1.82) is 0 Å². The number of benzene rings is 1. The summed E-state index contributed by atoms with van der Waals surface area (Å²) in [7, 11) is 0. The van der Waals surface area contributed by atoms with Gasteiger partial charge in [0.15, 0.2) is 0 Å². The quantitative estimate of drug-likeness (QED) is 0.846. The first-order chi connectivity index (χ1) is 8.08. The minimum absolute atomic E-state index is 0.0974. The lowest BCUT2D eigenvalue weighted by Gasteiger charge is -2.24. The number of nitrogens with two attached hydrogens (primary N) is 1. The number of nitrogens with zero attached hydrogens (tertiary/aromatic N) is 1. The SMILES string of the molecule is CCN(Cc1cccc(C)c1)C(=O)C(C)CN. The molecule has 0 aliphatic carbocycles. The van der Waals surface area contributed by atoms with E-state index in [4.69, 9.17) is 5.73 Å². The fourth-order valence-electron chi connectivity index (χ4n) is 1.79. The van der Waals surface area contributed by atoms with Crippen molar-refractivity contribution in [3.8, 4) is 0 Å². The van der Waals surface area contributed by atoms with Crippen LogP contribution in [0.5, 0.6) is 0 Å². The number of hydrogen-bond donors (Lipinski definition) is 1. The fourth-order valence-corrected chi connectivity index (χ4v) is 1.79. The first-order valence-corrected chi connectivity index (χ1v) is 6.12. The molecule has 1 aromatic carbocycles. The molecule has 1 unspecified atom stereocenters. The zero-order valence-corrected chi connectivity index (χ0v) is 10.9. The summed E-state index contributed by atoms with van der Waals surface area (Å²) < 4.78 is 0. The maximum Gasteiger partial charge on any atom is 0.226 e. The first-order valence-electron chi connectivity index (χ1n) is 6.12. The van der Waals surface area contributed by atoms with E-state index < -0.39 is 0 Å². The van der Waals surface area contributed by atoms with Gasteiger partial charge in [-0.2, -0.15) is 0 Å². The molecule has 0 bridgehead atoms. The van der Waals surface area contributed by atoms with Gasteiger partial charge in [0.2, 0.25) is 5.91 Å². The van der Waals surface area contributed by atoms with E-state index in [9.17, 15) is 4.79 Å². The lowest BCUT2D eigenvalue weighted by molar-refractivity contribution is -0.135. The lowest BCUT2D eigenvalue weighted by Crippen LogP contribution is -2.37. The zero-order chi connectivity index (χ0) is 12.8. The fraction of sp³-hybridized carbons (Fsp3) is 0.500. The maximum atomic E-state index is 12.0. The highest BCUT2D eigenvalue weighted by Gasteiger charge is 2.17. The van der Waals surface area contributed by atoms with Gasteiger partial charge in [-0.1, -0.05) is 36.8 Å². The molecule has 1 atom stereocenters. The average molecular weight is 234 g/mol. The first kappa shape index (κ1) is 13.7. The molecule has 94 valence electrons. The molecule has 1 aromatic rings. The number of carbonyl (C=O) groups excluding carboxylic acids is 1. The highest BCUT2D eigenvalue weighted by Crippen LogP contribution is 2.10. The number of hydrogen-bond acceptors (Lipinski definition) is 2. The second-order valence-corrected chi connectivity index (χ2v) is 4.48. The van der Waals surface area contributed by atoms with Crippen molar-refractivity contribution in [2.45, 2.75) is 27.3 Å². The van der Waals surface area contributed by atoms with Gasteiger partial charge in [-0.15, -0.1) is 0 Å². The van der Waals surface area contributed by atoms with Gasteiger partial charge in [0, 0.05) is 25.6 Å². The summed E-state index contributed by atoms with van der Waals surface area (Å²) in [5.41, 5.74) is 7.93. The van der Waals surface area contributed by atoms with E-state index >= 15 is 0 Å². The van der Waals surface area contributed by atoms with E-state index in [1.54, 1.807) is 0 Å². The number of aryl methyl sites for hydroxylation is 1. The molecule has 0 heterocycles. The Hall–Kier alpha value is -1.35. The molecule has 0 aliphatic rings. The minimum atomic E-state index is -0.0974. The molecule has 1 rings (SSSR count). The predicted octanol–water partition coefficient (Wildman–Crippen LogP) is 1.94. The molecular weight excluding hydrogens is 212 g/mol. The van der Waals surface area contributed by atoms with E-state index in [-0.39, 0.29) is 11.8 Å². The van der Waals surface area contributed by atoms with Crippen LogP contribution in [-0.2, 0) is 11.3 Å². The number of carbonyl (C=O) groups is 1. The van der Waals surface area contributed by atoms with E-state index in [0.29, 0.717) is 13.1 Å². The Kier molecular flexibility index (Phi) is 5.16. The molecule has 0 aliphatic heterocycles. The smallest absolute Gasteiger partial charge is 0.226 e. The van der Waals surface area contributed by atoms with Crippen molar-refractivity contribution >= 4 is 5.91 Å². The number of amides is 1. The van der Waals surface area contributed by atoms with Crippen LogP contribution in [0.25, 0.3) is 0 Å². The van der Waals surface area contributed by atoms with Gasteiger partial charge in [0.05, 0.1) is 0 Å². The monoisotopic (exact) mass is 234 g/mol. The van der Waals surface area contributed by atoms with Gasteiger partial charge >= 0.3 is 0 Å².